The summed E-state index contributed by atoms with van der Waals surface area (Å²) in [6.45, 7) is 0.384. The third kappa shape index (κ3) is 3.95. The molecule has 0 aliphatic carbocycles. The van der Waals surface area contributed by atoms with Gasteiger partial charge in [-0.2, -0.15) is 0 Å². The van der Waals surface area contributed by atoms with Gasteiger partial charge in [0, 0.05) is 11.5 Å². The first-order chi connectivity index (χ1) is 11.2. The van der Waals surface area contributed by atoms with Crippen LogP contribution in [0.15, 0.2) is 66.7 Å². The van der Waals surface area contributed by atoms with Gasteiger partial charge in [0.25, 0.3) is 0 Å². The Bertz CT molecular complexity index is 854. The summed E-state index contributed by atoms with van der Waals surface area (Å²) in [6, 6.07) is 19.2. The average molecular weight is 305 g/mol. The number of pyridine rings is 1. The SMILES string of the molecule is O=C(O)/C=C/c1ccc(OCc2ccc3ccccc3n2)cc1. The summed E-state index contributed by atoms with van der Waals surface area (Å²) in [5.41, 5.74) is 2.62. The molecule has 0 radical (unpaired) electrons. The zero-order valence-corrected chi connectivity index (χ0v) is 12.3. The van der Waals surface area contributed by atoms with Gasteiger partial charge >= 0.3 is 5.97 Å². The van der Waals surface area contributed by atoms with Gasteiger partial charge in [-0.25, -0.2) is 9.78 Å². The van der Waals surface area contributed by atoms with Gasteiger partial charge in [-0.3, -0.25) is 0 Å². The molecule has 3 rings (SSSR count). The molecule has 114 valence electrons. The van der Waals surface area contributed by atoms with Crippen LogP contribution in [0.1, 0.15) is 11.3 Å². The van der Waals surface area contributed by atoms with E-state index in [4.69, 9.17) is 9.84 Å². The zero-order chi connectivity index (χ0) is 16.1. The summed E-state index contributed by atoms with van der Waals surface area (Å²) >= 11 is 0. The number of ether oxygens (including phenoxy) is 1. The molecule has 0 fully saturated rings. The van der Waals surface area contributed by atoms with Crippen molar-refractivity contribution in [1.29, 1.82) is 0 Å². The van der Waals surface area contributed by atoms with E-state index in [-0.39, 0.29) is 0 Å². The number of para-hydroxylation sites is 1. The van der Waals surface area contributed by atoms with Crippen LogP contribution < -0.4 is 4.74 Å². The summed E-state index contributed by atoms with van der Waals surface area (Å²) in [7, 11) is 0. The second-order valence-electron chi connectivity index (χ2n) is 5.02. The maximum Gasteiger partial charge on any atom is 0.328 e. The summed E-state index contributed by atoms with van der Waals surface area (Å²) in [4.78, 5) is 15.0. The molecule has 2 aromatic carbocycles. The molecule has 1 N–H and O–H groups in total. The minimum atomic E-state index is -0.965. The third-order valence-corrected chi connectivity index (χ3v) is 3.34. The standard InChI is InChI=1S/C19H15NO3/c21-19(22)12-7-14-5-10-17(11-6-14)23-13-16-9-8-15-3-1-2-4-18(15)20-16/h1-12H,13H2,(H,21,22)/b12-7+. The molecule has 0 saturated carbocycles. The maximum atomic E-state index is 10.5. The van der Waals surface area contributed by atoms with Crippen molar-refractivity contribution < 1.29 is 14.6 Å². The van der Waals surface area contributed by atoms with Crippen molar-refractivity contribution in [3.05, 3.63) is 78.0 Å². The van der Waals surface area contributed by atoms with E-state index in [1.807, 2.05) is 60.7 Å². The van der Waals surface area contributed by atoms with Crippen LogP contribution in [0, 0.1) is 0 Å². The molecule has 3 aromatic rings. The highest BCUT2D eigenvalue weighted by Crippen LogP contribution is 2.16. The number of hydrogen-bond donors (Lipinski definition) is 1. The molecule has 4 nitrogen and oxygen atoms in total. The fourth-order valence-corrected chi connectivity index (χ4v) is 2.19. The zero-order valence-electron chi connectivity index (χ0n) is 12.3. The van der Waals surface area contributed by atoms with Crippen LogP contribution in [0.4, 0.5) is 0 Å². The summed E-state index contributed by atoms with van der Waals surface area (Å²) < 4.78 is 5.72. The molecule has 0 saturated heterocycles. The second-order valence-corrected chi connectivity index (χ2v) is 5.02. The van der Waals surface area contributed by atoms with Crippen molar-refractivity contribution in [2.24, 2.45) is 0 Å². The Morgan fingerprint density at radius 1 is 1.04 bits per heavy atom. The number of hydrogen-bond acceptors (Lipinski definition) is 3. The molecular weight excluding hydrogens is 290 g/mol. The lowest BCUT2D eigenvalue weighted by molar-refractivity contribution is -0.131. The van der Waals surface area contributed by atoms with Crippen LogP contribution in [0.5, 0.6) is 5.75 Å². The molecular formula is C19H15NO3. The summed E-state index contributed by atoms with van der Waals surface area (Å²) in [5.74, 6) is -0.250. The number of aliphatic carboxylic acids is 1. The number of carboxylic acids is 1. The number of fused-ring (bicyclic) bond motifs is 1. The van der Waals surface area contributed by atoms with Gasteiger partial charge in [-0.1, -0.05) is 36.4 Å². The molecule has 0 spiro atoms. The number of rotatable bonds is 5. The number of carbonyl (C=O) groups is 1. The lowest BCUT2D eigenvalue weighted by Crippen LogP contribution is -1.98. The highest BCUT2D eigenvalue weighted by molar-refractivity contribution is 5.85. The molecule has 0 aliphatic heterocycles. The van der Waals surface area contributed by atoms with Gasteiger partial charge in [-0.05, 0) is 35.9 Å². The highest BCUT2D eigenvalue weighted by Gasteiger charge is 2.00. The van der Waals surface area contributed by atoms with Gasteiger partial charge in [0.2, 0.25) is 0 Å². The van der Waals surface area contributed by atoms with Crippen LogP contribution in [0.3, 0.4) is 0 Å². The van der Waals surface area contributed by atoms with Crippen molar-refractivity contribution in [2.75, 3.05) is 0 Å². The average Bonchev–Trinajstić information content (AvgIpc) is 2.59. The largest absolute Gasteiger partial charge is 0.487 e. The Morgan fingerprint density at radius 2 is 1.83 bits per heavy atom. The fourth-order valence-electron chi connectivity index (χ4n) is 2.19. The molecule has 0 amide bonds. The van der Waals surface area contributed by atoms with Crippen LogP contribution in [0.2, 0.25) is 0 Å². The maximum absolute atomic E-state index is 10.5. The Labute approximate surface area is 133 Å². The molecule has 1 heterocycles. The number of benzene rings is 2. The topological polar surface area (TPSA) is 59.4 Å². The van der Waals surface area contributed by atoms with E-state index in [0.717, 1.165) is 28.2 Å². The number of aromatic nitrogens is 1. The predicted molar refractivity (Wildman–Crippen MR) is 89.2 cm³/mol. The Morgan fingerprint density at radius 3 is 2.61 bits per heavy atom. The van der Waals surface area contributed by atoms with Crippen LogP contribution >= 0.6 is 0 Å². The van der Waals surface area contributed by atoms with Crippen molar-refractivity contribution in [3.63, 3.8) is 0 Å². The van der Waals surface area contributed by atoms with E-state index >= 15 is 0 Å². The van der Waals surface area contributed by atoms with Crippen LogP contribution in [-0.4, -0.2) is 16.1 Å². The molecule has 0 bridgehead atoms. The molecule has 4 heteroatoms. The molecule has 0 unspecified atom stereocenters. The lowest BCUT2D eigenvalue weighted by Gasteiger charge is -2.07. The summed E-state index contributed by atoms with van der Waals surface area (Å²) in [5, 5.41) is 9.70. The smallest absolute Gasteiger partial charge is 0.328 e. The monoisotopic (exact) mass is 305 g/mol. The molecule has 0 atom stereocenters. The van der Waals surface area contributed by atoms with Crippen molar-refractivity contribution in [1.82, 2.24) is 4.98 Å². The normalized spacial score (nSPS) is 11.0. The highest BCUT2D eigenvalue weighted by atomic mass is 16.5. The quantitative estimate of drug-likeness (QED) is 0.726. The first-order valence-electron chi connectivity index (χ1n) is 7.19. The third-order valence-electron chi connectivity index (χ3n) is 3.34. The van der Waals surface area contributed by atoms with Gasteiger partial charge in [0.05, 0.1) is 11.2 Å². The van der Waals surface area contributed by atoms with E-state index in [2.05, 4.69) is 4.98 Å². The first-order valence-corrected chi connectivity index (χ1v) is 7.19. The van der Waals surface area contributed by atoms with Crippen LogP contribution in [0.25, 0.3) is 17.0 Å². The fraction of sp³-hybridized carbons (Fsp3) is 0.0526. The minimum Gasteiger partial charge on any atom is -0.487 e. The number of carboxylic acid groups (broad SMARTS) is 1. The van der Waals surface area contributed by atoms with Crippen molar-refractivity contribution >= 4 is 22.9 Å². The summed E-state index contributed by atoms with van der Waals surface area (Å²) in [6.07, 6.45) is 2.64. The molecule has 23 heavy (non-hydrogen) atoms. The van der Waals surface area contributed by atoms with E-state index < -0.39 is 5.97 Å². The lowest BCUT2D eigenvalue weighted by atomic mass is 10.2. The first kappa shape index (κ1) is 14.8. The second kappa shape index (κ2) is 6.75. The Balaban J connectivity index is 1.66. The number of nitrogens with zero attached hydrogens (tertiary/aromatic N) is 1. The van der Waals surface area contributed by atoms with E-state index in [9.17, 15) is 4.79 Å². The van der Waals surface area contributed by atoms with Gasteiger partial charge in [0.15, 0.2) is 0 Å². The van der Waals surface area contributed by atoms with E-state index in [1.54, 1.807) is 0 Å². The Kier molecular flexibility index (Phi) is 4.34. The van der Waals surface area contributed by atoms with E-state index in [1.165, 1.54) is 6.08 Å². The Hall–Kier alpha value is -3.14. The molecule has 1 aromatic heterocycles. The minimum absolute atomic E-state index is 0.384. The predicted octanol–water partition coefficient (Wildman–Crippen LogP) is 3.91. The van der Waals surface area contributed by atoms with E-state index in [0.29, 0.717) is 12.4 Å². The van der Waals surface area contributed by atoms with Crippen molar-refractivity contribution in [3.8, 4) is 5.75 Å². The van der Waals surface area contributed by atoms with Gasteiger partial charge < -0.3 is 9.84 Å². The van der Waals surface area contributed by atoms with Crippen molar-refractivity contribution in [2.45, 2.75) is 6.61 Å². The van der Waals surface area contributed by atoms with Gasteiger partial charge in [0.1, 0.15) is 12.4 Å². The molecule has 0 aliphatic rings. The van der Waals surface area contributed by atoms with Crippen LogP contribution in [-0.2, 0) is 11.4 Å². The van der Waals surface area contributed by atoms with Gasteiger partial charge in [-0.15, -0.1) is 0 Å².